The van der Waals surface area contributed by atoms with Crippen LogP contribution in [0.4, 0.5) is 0 Å². The Balaban J connectivity index is 1.75. The van der Waals surface area contributed by atoms with Crippen LogP contribution in [0.5, 0.6) is 0 Å². The average Bonchev–Trinajstić information content (AvgIpc) is 3.03. The molecule has 0 spiro atoms. The van der Waals surface area contributed by atoms with E-state index in [-0.39, 0.29) is 0 Å². The molecule has 5 fully saturated rings. The van der Waals surface area contributed by atoms with Crippen LogP contribution in [0.1, 0.15) is 33.6 Å². The molecule has 0 heterocycles. The molecule has 0 aliphatic heterocycles. The quantitative estimate of drug-likeness (QED) is 0.635. The van der Waals surface area contributed by atoms with E-state index in [2.05, 4.69) is 31.0 Å². The molecule has 2 nitrogen and oxygen atoms in total. The van der Waals surface area contributed by atoms with Gasteiger partial charge in [-0.05, 0) is 53.3 Å². The van der Waals surface area contributed by atoms with Gasteiger partial charge in [-0.1, -0.05) is 20.8 Å². The van der Waals surface area contributed by atoms with Crippen molar-refractivity contribution in [2.24, 2.45) is 50.6 Å². The van der Waals surface area contributed by atoms with Gasteiger partial charge in [0.15, 0.2) is 0 Å². The SMILES string of the molecule is CN=NC1C(C2CC2)C(C)(C)C2C3C2C13C. The van der Waals surface area contributed by atoms with Crippen molar-refractivity contribution >= 4 is 0 Å². The first kappa shape index (κ1) is 9.61. The highest BCUT2D eigenvalue weighted by molar-refractivity contribution is 5.38. The molecule has 0 aromatic rings. The maximum absolute atomic E-state index is 4.66. The van der Waals surface area contributed by atoms with Crippen LogP contribution in [0.15, 0.2) is 10.2 Å². The summed E-state index contributed by atoms with van der Waals surface area (Å²) >= 11 is 0. The molecule has 2 bridgehead atoms. The van der Waals surface area contributed by atoms with E-state index in [1.165, 1.54) is 12.8 Å². The Kier molecular flexibility index (Phi) is 1.44. The van der Waals surface area contributed by atoms with Gasteiger partial charge in [-0.15, -0.1) is 0 Å². The lowest BCUT2D eigenvalue weighted by molar-refractivity contribution is -0.0262. The lowest BCUT2D eigenvalue weighted by Crippen LogP contribution is -2.52. The van der Waals surface area contributed by atoms with Crippen molar-refractivity contribution in [2.75, 3.05) is 7.05 Å². The molecule has 0 aromatic carbocycles. The van der Waals surface area contributed by atoms with E-state index in [4.69, 9.17) is 0 Å². The summed E-state index contributed by atoms with van der Waals surface area (Å²) < 4.78 is 0. The molecule has 4 unspecified atom stereocenters. The van der Waals surface area contributed by atoms with E-state index in [9.17, 15) is 0 Å². The second-order valence-corrected chi connectivity index (χ2v) is 7.39. The lowest BCUT2D eigenvalue weighted by atomic mass is 9.54. The topological polar surface area (TPSA) is 24.7 Å². The molecule has 16 heavy (non-hydrogen) atoms. The third-order valence-electron chi connectivity index (χ3n) is 6.41. The fourth-order valence-electron chi connectivity index (χ4n) is 5.55. The maximum atomic E-state index is 4.66. The summed E-state index contributed by atoms with van der Waals surface area (Å²) in [6.07, 6.45) is 2.89. The zero-order valence-corrected chi connectivity index (χ0v) is 10.8. The normalized spacial score (nSPS) is 60.9. The van der Waals surface area contributed by atoms with Crippen LogP contribution < -0.4 is 0 Å². The van der Waals surface area contributed by atoms with Gasteiger partial charge in [-0.3, -0.25) is 0 Å². The van der Waals surface area contributed by atoms with E-state index in [0.717, 1.165) is 29.6 Å². The zero-order chi connectivity index (χ0) is 11.3. The minimum atomic E-state index is 0.535. The Morgan fingerprint density at radius 2 is 1.56 bits per heavy atom. The van der Waals surface area contributed by atoms with Crippen molar-refractivity contribution in [1.82, 2.24) is 0 Å². The summed E-state index contributed by atoms with van der Waals surface area (Å²) in [4.78, 5) is 0. The smallest absolute Gasteiger partial charge is 0.0803 e. The number of azo groups is 1. The Labute approximate surface area is 97.9 Å². The molecule has 5 saturated carbocycles. The fraction of sp³-hybridized carbons (Fsp3) is 1.00. The van der Waals surface area contributed by atoms with Crippen LogP contribution in [-0.4, -0.2) is 13.1 Å². The monoisotopic (exact) mass is 218 g/mol. The van der Waals surface area contributed by atoms with Gasteiger partial charge in [0.05, 0.1) is 6.04 Å². The number of rotatable bonds is 2. The van der Waals surface area contributed by atoms with Gasteiger partial charge in [-0.25, -0.2) is 0 Å². The molecule has 0 aromatic heterocycles. The first-order valence-electron chi connectivity index (χ1n) is 6.83. The third kappa shape index (κ3) is 0.811. The summed E-state index contributed by atoms with van der Waals surface area (Å²) in [5, 5.41) is 8.80. The van der Waals surface area contributed by atoms with Gasteiger partial charge < -0.3 is 0 Å². The number of hydrogen-bond acceptors (Lipinski definition) is 2. The van der Waals surface area contributed by atoms with E-state index in [0.29, 0.717) is 16.9 Å². The van der Waals surface area contributed by atoms with Crippen LogP contribution in [0.2, 0.25) is 0 Å². The standard InChI is InChI=1S/C14H22N2/c1-13(2)8(7-5-6-7)12(16-15-4)14(3)10-9(13)11(10)14/h7-12H,5-6H2,1-4H3. The molecule has 0 radical (unpaired) electrons. The van der Waals surface area contributed by atoms with Crippen molar-refractivity contribution in [2.45, 2.75) is 39.7 Å². The molecular formula is C14H22N2. The molecule has 5 aliphatic rings. The van der Waals surface area contributed by atoms with E-state index < -0.39 is 0 Å². The van der Waals surface area contributed by atoms with Crippen LogP contribution >= 0.6 is 0 Å². The summed E-state index contributed by atoms with van der Waals surface area (Å²) in [6.45, 7) is 7.48. The third-order valence-corrected chi connectivity index (χ3v) is 6.41. The van der Waals surface area contributed by atoms with Crippen LogP contribution in [0.25, 0.3) is 0 Å². The highest BCUT2D eigenvalue weighted by Gasteiger charge is 2.91. The highest BCUT2D eigenvalue weighted by atomic mass is 15.2. The van der Waals surface area contributed by atoms with E-state index >= 15 is 0 Å². The minimum absolute atomic E-state index is 0.535. The number of fused-ring (bicyclic) bond motifs is 2. The number of nitrogens with zero attached hydrogens (tertiary/aromatic N) is 2. The molecule has 5 rings (SSSR count). The van der Waals surface area contributed by atoms with Gasteiger partial charge in [0.25, 0.3) is 0 Å². The molecule has 0 amide bonds. The summed E-state index contributed by atoms with van der Waals surface area (Å²) in [7, 11) is 1.85. The Hall–Kier alpha value is -0.400. The van der Waals surface area contributed by atoms with Crippen molar-refractivity contribution in [3.63, 3.8) is 0 Å². The Morgan fingerprint density at radius 3 is 2.06 bits per heavy atom. The van der Waals surface area contributed by atoms with Crippen LogP contribution in [-0.2, 0) is 0 Å². The Morgan fingerprint density at radius 1 is 0.938 bits per heavy atom. The fourth-order valence-corrected chi connectivity index (χ4v) is 5.55. The second-order valence-electron chi connectivity index (χ2n) is 7.39. The van der Waals surface area contributed by atoms with Crippen molar-refractivity contribution in [3.8, 4) is 0 Å². The van der Waals surface area contributed by atoms with Gasteiger partial charge in [0.1, 0.15) is 0 Å². The minimum Gasteiger partial charge on any atom is -0.197 e. The van der Waals surface area contributed by atoms with Crippen LogP contribution in [0, 0.1) is 40.4 Å². The molecular weight excluding hydrogens is 196 g/mol. The van der Waals surface area contributed by atoms with Gasteiger partial charge in [-0.2, -0.15) is 10.2 Å². The second kappa shape index (κ2) is 2.39. The molecule has 2 heteroatoms. The Bertz CT molecular complexity index is 370. The summed E-state index contributed by atoms with van der Waals surface area (Å²) in [5.74, 6) is 4.83. The van der Waals surface area contributed by atoms with Crippen molar-refractivity contribution in [3.05, 3.63) is 0 Å². The van der Waals surface area contributed by atoms with Crippen LogP contribution in [0.3, 0.4) is 0 Å². The van der Waals surface area contributed by atoms with E-state index in [1.54, 1.807) is 0 Å². The maximum Gasteiger partial charge on any atom is 0.0803 e. The molecule has 4 atom stereocenters. The lowest BCUT2D eigenvalue weighted by Gasteiger charge is -2.52. The molecule has 0 N–H and O–H groups in total. The summed E-state index contributed by atoms with van der Waals surface area (Å²) in [6, 6.07) is 0.542. The predicted molar refractivity (Wildman–Crippen MR) is 63.1 cm³/mol. The largest absolute Gasteiger partial charge is 0.197 e. The van der Waals surface area contributed by atoms with Crippen molar-refractivity contribution in [1.29, 1.82) is 0 Å². The average molecular weight is 218 g/mol. The van der Waals surface area contributed by atoms with Gasteiger partial charge >= 0.3 is 0 Å². The van der Waals surface area contributed by atoms with Gasteiger partial charge in [0, 0.05) is 7.05 Å². The highest BCUT2D eigenvalue weighted by Crippen LogP contribution is 2.92. The first-order valence-corrected chi connectivity index (χ1v) is 6.83. The zero-order valence-electron chi connectivity index (χ0n) is 10.8. The number of hydrogen-bond donors (Lipinski definition) is 0. The molecule has 88 valence electrons. The van der Waals surface area contributed by atoms with Gasteiger partial charge in [0.2, 0.25) is 0 Å². The predicted octanol–water partition coefficient (Wildman–Crippen LogP) is 3.39. The van der Waals surface area contributed by atoms with Crippen molar-refractivity contribution < 1.29 is 0 Å². The summed E-state index contributed by atoms with van der Waals surface area (Å²) in [5.41, 5.74) is 1.10. The first-order chi connectivity index (χ1) is 7.54. The van der Waals surface area contributed by atoms with E-state index in [1.807, 2.05) is 7.05 Å². The molecule has 0 saturated heterocycles. The molecule has 5 aliphatic carbocycles.